The van der Waals surface area contributed by atoms with E-state index in [0.29, 0.717) is 12.0 Å². The third-order valence-electron chi connectivity index (χ3n) is 8.70. The van der Waals surface area contributed by atoms with Crippen molar-refractivity contribution in [2.75, 3.05) is 13.1 Å². The Hall–Kier alpha value is -3.32. The highest BCUT2D eigenvalue weighted by atomic mass is 16.1. The molecule has 38 heavy (non-hydrogen) atoms. The molecule has 1 aliphatic carbocycles. The predicted molar refractivity (Wildman–Crippen MR) is 150 cm³/mol. The minimum atomic E-state index is -0.265. The van der Waals surface area contributed by atoms with Crippen molar-refractivity contribution in [3.63, 3.8) is 0 Å². The number of hydrogen-bond donors (Lipinski definition) is 1. The van der Waals surface area contributed by atoms with Crippen LogP contribution < -0.4 is 5.56 Å². The Morgan fingerprint density at radius 2 is 1.74 bits per heavy atom. The van der Waals surface area contributed by atoms with Gasteiger partial charge in [-0.15, -0.1) is 5.10 Å². The molecule has 7 heteroatoms. The highest BCUT2D eigenvalue weighted by Crippen LogP contribution is 2.35. The maximum Gasteiger partial charge on any atom is 0.253 e. The van der Waals surface area contributed by atoms with Crippen molar-refractivity contribution < 1.29 is 0 Å². The predicted octanol–water partition coefficient (Wildman–Crippen LogP) is 5.68. The van der Waals surface area contributed by atoms with Crippen molar-refractivity contribution in [2.45, 2.75) is 77.3 Å². The number of pyridine rings is 1. The minimum Gasteiger partial charge on any atom is -0.322 e. The Kier molecular flexibility index (Phi) is 7.11. The van der Waals surface area contributed by atoms with Gasteiger partial charge in [0.05, 0.1) is 6.04 Å². The molecular formula is C31H38N6O. The van der Waals surface area contributed by atoms with Gasteiger partial charge in [0.2, 0.25) is 0 Å². The molecule has 1 saturated carbocycles. The van der Waals surface area contributed by atoms with Gasteiger partial charge in [-0.25, -0.2) is 4.68 Å². The second-order valence-electron chi connectivity index (χ2n) is 11.4. The van der Waals surface area contributed by atoms with Crippen LogP contribution in [0.2, 0.25) is 0 Å². The number of benzene rings is 2. The lowest BCUT2D eigenvalue weighted by molar-refractivity contribution is 0.140. The molecule has 7 nitrogen and oxygen atoms in total. The molecule has 1 N–H and O–H groups in total. The van der Waals surface area contributed by atoms with Gasteiger partial charge in [-0.1, -0.05) is 55.7 Å². The molecule has 0 amide bonds. The molecule has 1 unspecified atom stereocenters. The van der Waals surface area contributed by atoms with E-state index in [0.717, 1.165) is 73.0 Å². The molecule has 2 aromatic carbocycles. The van der Waals surface area contributed by atoms with Crippen LogP contribution in [0.25, 0.3) is 10.9 Å². The first-order chi connectivity index (χ1) is 18.6. The van der Waals surface area contributed by atoms with Gasteiger partial charge in [0.15, 0.2) is 5.82 Å². The van der Waals surface area contributed by atoms with Gasteiger partial charge in [0.25, 0.3) is 5.56 Å². The van der Waals surface area contributed by atoms with Crippen LogP contribution in [0.5, 0.6) is 0 Å². The third-order valence-corrected chi connectivity index (χ3v) is 8.70. The molecule has 1 atom stereocenters. The lowest BCUT2D eigenvalue weighted by Gasteiger charge is -2.37. The Bertz CT molecular complexity index is 1440. The summed E-state index contributed by atoms with van der Waals surface area (Å²) in [6.07, 6.45) is 9.17. The fourth-order valence-corrected chi connectivity index (χ4v) is 6.72. The summed E-state index contributed by atoms with van der Waals surface area (Å²) in [5.41, 5.74) is 5.32. The average Bonchev–Trinajstić information content (AvgIpc) is 3.41. The van der Waals surface area contributed by atoms with Gasteiger partial charge in [0.1, 0.15) is 6.04 Å². The number of hydrogen-bond acceptors (Lipinski definition) is 5. The van der Waals surface area contributed by atoms with Crippen LogP contribution in [0.15, 0.2) is 53.3 Å². The van der Waals surface area contributed by atoms with Gasteiger partial charge in [-0.3, -0.25) is 9.69 Å². The number of likely N-dealkylation sites (tertiary alicyclic amines) is 1. The molecule has 4 aromatic rings. The monoisotopic (exact) mass is 510 g/mol. The molecule has 2 aromatic heterocycles. The van der Waals surface area contributed by atoms with Crippen LogP contribution in [0, 0.1) is 19.8 Å². The van der Waals surface area contributed by atoms with Crippen molar-refractivity contribution in [1.29, 1.82) is 0 Å². The largest absolute Gasteiger partial charge is 0.322 e. The number of tetrazole rings is 1. The zero-order valence-corrected chi connectivity index (χ0v) is 22.6. The highest BCUT2D eigenvalue weighted by molar-refractivity contribution is 5.83. The van der Waals surface area contributed by atoms with Crippen molar-refractivity contribution in [3.8, 4) is 0 Å². The van der Waals surface area contributed by atoms with Crippen LogP contribution in [0.1, 0.15) is 85.1 Å². The van der Waals surface area contributed by atoms with E-state index in [-0.39, 0.29) is 11.6 Å². The smallest absolute Gasteiger partial charge is 0.253 e. The first-order valence-corrected chi connectivity index (χ1v) is 14.3. The molecule has 3 heterocycles. The summed E-state index contributed by atoms with van der Waals surface area (Å²) in [5.74, 6) is 1.46. The van der Waals surface area contributed by atoms with Gasteiger partial charge in [0, 0.05) is 16.5 Å². The molecule has 198 valence electrons. The van der Waals surface area contributed by atoms with E-state index in [2.05, 4.69) is 87.8 Å². The minimum absolute atomic E-state index is 0.0443. The Morgan fingerprint density at radius 1 is 0.974 bits per heavy atom. The Morgan fingerprint density at radius 3 is 2.50 bits per heavy atom. The number of aromatic nitrogens is 5. The average molecular weight is 511 g/mol. The van der Waals surface area contributed by atoms with E-state index in [1.54, 1.807) is 0 Å². The molecule has 1 aliphatic heterocycles. The van der Waals surface area contributed by atoms with Crippen molar-refractivity contribution >= 4 is 10.9 Å². The number of nitrogens with one attached hydrogen (secondary N) is 1. The van der Waals surface area contributed by atoms with Gasteiger partial charge >= 0.3 is 0 Å². The van der Waals surface area contributed by atoms with Crippen molar-refractivity contribution in [3.05, 3.63) is 87.0 Å². The molecule has 2 aliphatic rings. The van der Waals surface area contributed by atoms with Crippen LogP contribution in [-0.4, -0.2) is 43.2 Å². The topological polar surface area (TPSA) is 79.7 Å². The summed E-state index contributed by atoms with van der Waals surface area (Å²) in [6.45, 7) is 6.03. The molecule has 6 rings (SSSR count). The first kappa shape index (κ1) is 25.0. The van der Waals surface area contributed by atoms with Gasteiger partial charge in [-0.2, -0.15) is 0 Å². The van der Waals surface area contributed by atoms with Gasteiger partial charge in [-0.05, 0) is 104 Å². The normalized spacial score (nSPS) is 18.7. The standard InChI is InChI=1S/C31H38N6O/c1-21-17-22(2)26-20-27(31(38)32-28(26)18-21)29(30-33-34-35-37(30)25-11-7-4-8-12-25)36-15-13-24(14-16-36)19-23-9-5-3-6-10-23/h3,5-6,9-10,17-18,20,24-25,29H,4,7-8,11-16,19H2,1-2H3,(H,32,38). The number of aryl methyl sites for hydroxylation is 2. The van der Waals surface area contributed by atoms with Crippen LogP contribution >= 0.6 is 0 Å². The Labute approximate surface area is 224 Å². The lowest BCUT2D eigenvalue weighted by atomic mass is 9.88. The fourth-order valence-electron chi connectivity index (χ4n) is 6.72. The highest BCUT2D eigenvalue weighted by Gasteiger charge is 2.35. The molecule has 0 radical (unpaired) electrons. The second kappa shape index (κ2) is 10.8. The van der Waals surface area contributed by atoms with Crippen LogP contribution in [0.3, 0.4) is 0 Å². The molecule has 0 spiro atoms. The molecule has 2 fully saturated rings. The first-order valence-electron chi connectivity index (χ1n) is 14.3. The lowest BCUT2D eigenvalue weighted by Crippen LogP contribution is -2.41. The van der Waals surface area contributed by atoms with E-state index in [4.69, 9.17) is 0 Å². The van der Waals surface area contributed by atoms with E-state index in [9.17, 15) is 4.79 Å². The maximum atomic E-state index is 13.7. The van der Waals surface area contributed by atoms with E-state index in [1.165, 1.54) is 30.4 Å². The molecular weight excluding hydrogens is 472 g/mol. The number of H-pyrrole nitrogens is 1. The number of nitrogens with zero attached hydrogens (tertiary/aromatic N) is 5. The summed E-state index contributed by atoms with van der Waals surface area (Å²) in [7, 11) is 0. The SMILES string of the molecule is Cc1cc(C)c2cc(C(c3nnnn3C3CCCCC3)N3CCC(Cc4ccccc4)CC3)c(=O)[nH]c2c1. The number of aromatic amines is 1. The number of fused-ring (bicyclic) bond motifs is 1. The van der Waals surface area contributed by atoms with Crippen LogP contribution in [0.4, 0.5) is 0 Å². The van der Waals surface area contributed by atoms with E-state index < -0.39 is 0 Å². The quantitative estimate of drug-likeness (QED) is 0.361. The maximum absolute atomic E-state index is 13.7. The van der Waals surface area contributed by atoms with Crippen molar-refractivity contribution in [2.24, 2.45) is 5.92 Å². The van der Waals surface area contributed by atoms with Gasteiger partial charge < -0.3 is 4.98 Å². The van der Waals surface area contributed by atoms with E-state index in [1.807, 2.05) is 4.68 Å². The third kappa shape index (κ3) is 5.04. The summed E-state index contributed by atoms with van der Waals surface area (Å²) in [4.78, 5) is 19.3. The number of piperidine rings is 1. The number of rotatable bonds is 6. The zero-order chi connectivity index (χ0) is 26.1. The molecule has 0 bridgehead atoms. The second-order valence-corrected chi connectivity index (χ2v) is 11.4. The molecule has 1 saturated heterocycles. The fraction of sp³-hybridized carbons (Fsp3) is 0.484. The van der Waals surface area contributed by atoms with Crippen LogP contribution in [-0.2, 0) is 6.42 Å². The summed E-state index contributed by atoms with van der Waals surface area (Å²) >= 11 is 0. The summed E-state index contributed by atoms with van der Waals surface area (Å²) in [5, 5.41) is 14.3. The Balaban J connectivity index is 1.37. The summed E-state index contributed by atoms with van der Waals surface area (Å²) in [6, 6.07) is 17.2. The zero-order valence-electron chi connectivity index (χ0n) is 22.6. The van der Waals surface area contributed by atoms with E-state index >= 15 is 0 Å². The summed E-state index contributed by atoms with van der Waals surface area (Å²) < 4.78 is 2.05. The van der Waals surface area contributed by atoms with Crippen molar-refractivity contribution in [1.82, 2.24) is 30.1 Å².